The van der Waals surface area contributed by atoms with E-state index in [0.717, 1.165) is 6.92 Å². The third-order valence-electron chi connectivity index (χ3n) is 6.46. The molecule has 0 saturated carbocycles. The Labute approximate surface area is 214 Å². The van der Waals surface area contributed by atoms with Crippen LogP contribution in [-0.2, 0) is 33.3 Å². The predicted octanol–water partition coefficient (Wildman–Crippen LogP) is -7.34. The van der Waals surface area contributed by atoms with Gasteiger partial charge in [0.2, 0.25) is 5.91 Å². The lowest BCUT2D eigenvalue weighted by Crippen LogP contribution is -2.69. The number of carboxylic acids is 1. The number of hydrogen-bond acceptors (Lipinski definition) is 16. The summed E-state index contributed by atoms with van der Waals surface area (Å²) < 4.78 is 26.6. The molecule has 0 unspecified atom stereocenters. The number of carbonyl (C=O) groups is 2. The van der Waals surface area contributed by atoms with Gasteiger partial charge in [-0.15, -0.1) is 0 Å². The molecule has 0 spiro atoms. The summed E-state index contributed by atoms with van der Waals surface area (Å²) in [5, 5.41) is 103. The Bertz CT molecular complexity index is 816. The van der Waals surface area contributed by atoms with Crippen LogP contribution in [0.1, 0.15) is 6.92 Å². The van der Waals surface area contributed by atoms with E-state index in [0.29, 0.717) is 0 Å². The quantitative estimate of drug-likeness (QED) is 0.132. The van der Waals surface area contributed by atoms with Gasteiger partial charge in [-0.25, -0.2) is 4.79 Å². The van der Waals surface area contributed by atoms with Gasteiger partial charge in [0.15, 0.2) is 25.0 Å². The number of aliphatic carboxylic acids is 1. The van der Waals surface area contributed by atoms with E-state index >= 15 is 0 Å². The van der Waals surface area contributed by atoms with E-state index < -0.39 is 117 Å². The molecule has 3 fully saturated rings. The van der Waals surface area contributed by atoms with Crippen LogP contribution in [0, 0.1) is 0 Å². The van der Waals surface area contributed by atoms with Crippen molar-refractivity contribution in [1.82, 2.24) is 5.32 Å². The maximum Gasteiger partial charge on any atom is 0.335 e. The first kappa shape index (κ1) is 30.9. The average molecular weight is 559 g/mol. The van der Waals surface area contributed by atoms with Crippen molar-refractivity contribution in [3.05, 3.63) is 0 Å². The van der Waals surface area contributed by atoms with Crippen LogP contribution in [0.3, 0.4) is 0 Å². The molecular weight excluding hydrogens is 526 g/mol. The fraction of sp³-hybridized carbons (Fsp3) is 0.900. The molecule has 18 nitrogen and oxygen atoms in total. The van der Waals surface area contributed by atoms with Crippen molar-refractivity contribution >= 4 is 11.9 Å². The van der Waals surface area contributed by atoms with Crippen LogP contribution < -0.4 is 5.32 Å². The Morgan fingerprint density at radius 2 is 1.32 bits per heavy atom. The molecule has 3 heterocycles. The van der Waals surface area contributed by atoms with Crippen molar-refractivity contribution in [2.75, 3.05) is 13.2 Å². The van der Waals surface area contributed by atoms with E-state index in [1.165, 1.54) is 0 Å². The number of nitrogens with one attached hydrogen (secondary N) is 1. The maximum absolute atomic E-state index is 11.7. The highest BCUT2D eigenvalue weighted by atomic mass is 16.7. The van der Waals surface area contributed by atoms with Crippen LogP contribution in [0.5, 0.6) is 0 Å². The molecule has 18 heteroatoms. The van der Waals surface area contributed by atoms with Crippen LogP contribution >= 0.6 is 0 Å². The van der Waals surface area contributed by atoms with Crippen molar-refractivity contribution < 1.29 is 84.3 Å². The van der Waals surface area contributed by atoms with E-state index in [2.05, 4.69) is 5.32 Å². The molecule has 3 rings (SSSR count). The molecule has 3 saturated heterocycles. The first-order valence-electron chi connectivity index (χ1n) is 11.6. The second kappa shape index (κ2) is 12.7. The summed E-state index contributed by atoms with van der Waals surface area (Å²) in [5.74, 6) is -2.44. The van der Waals surface area contributed by atoms with Crippen molar-refractivity contribution in [3.8, 4) is 0 Å². The van der Waals surface area contributed by atoms with Gasteiger partial charge in [0.1, 0.15) is 67.1 Å². The molecule has 0 radical (unpaired) electrons. The predicted molar refractivity (Wildman–Crippen MR) is 113 cm³/mol. The summed E-state index contributed by atoms with van der Waals surface area (Å²) in [6, 6.07) is -1.59. The van der Waals surface area contributed by atoms with Crippen molar-refractivity contribution in [1.29, 1.82) is 0 Å². The number of ether oxygens (including phenoxy) is 5. The molecule has 15 atom stereocenters. The molecule has 38 heavy (non-hydrogen) atoms. The largest absolute Gasteiger partial charge is 0.479 e. The molecule has 1 amide bonds. The summed E-state index contributed by atoms with van der Waals surface area (Å²) in [6.45, 7) is -0.642. The Hall–Kier alpha value is -1.62. The number of carbonyl (C=O) groups excluding carboxylic acids is 1. The Kier molecular flexibility index (Phi) is 10.3. The molecule has 3 aliphatic rings. The van der Waals surface area contributed by atoms with E-state index in [1.54, 1.807) is 0 Å². The Balaban J connectivity index is 1.86. The number of aliphatic hydroxyl groups excluding tert-OH is 9. The van der Waals surface area contributed by atoms with Crippen LogP contribution in [0.25, 0.3) is 0 Å². The fourth-order valence-corrected chi connectivity index (χ4v) is 4.44. The summed E-state index contributed by atoms with van der Waals surface area (Å²) >= 11 is 0. The van der Waals surface area contributed by atoms with Crippen LogP contribution in [0.2, 0.25) is 0 Å². The van der Waals surface area contributed by atoms with E-state index in [4.69, 9.17) is 23.7 Å². The minimum Gasteiger partial charge on any atom is -0.479 e. The molecule has 0 aromatic carbocycles. The number of carboxylic acid groups (broad SMARTS) is 1. The molecular formula is C20H33NO17. The van der Waals surface area contributed by atoms with Crippen LogP contribution in [0.15, 0.2) is 0 Å². The van der Waals surface area contributed by atoms with Gasteiger partial charge in [-0.3, -0.25) is 4.79 Å². The zero-order valence-electron chi connectivity index (χ0n) is 19.9. The van der Waals surface area contributed by atoms with E-state index in [-0.39, 0.29) is 0 Å². The summed E-state index contributed by atoms with van der Waals surface area (Å²) in [5.41, 5.74) is 0. The molecule has 0 aromatic rings. The van der Waals surface area contributed by atoms with Gasteiger partial charge in [-0.2, -0.15) is 0 Å². The number of rotatable bonds is 8. The summed E-state index contributed by atoms with van der Waals surface area (Å²) in [7, 11) is 0. The van der Waals surface area contributed by atoms with Gasteiger partial charge in [0, 0.05) is 6.92 Å². The molecule has 11 N–H and O–H groups in total. The molecule has 220 valence electrons. The molecule has 0 bridgehead atoms. The summed E-state index contributed by atoms with van der Waals surface area (Å²) in [4.78, 5) is 23.2. The minimum atomic E-state index is -2.04. The number of hydrogen-bond donors (Lipinski definition) is 11. The minimum absolute atomic E-state index is 0.739. The normalized spacial score (nSPS) is 47.9. The fourth-order valence-electron chi connectivity index (χ4n) is 4.44. The van der Waals surface area contributed by atoms with Gasteiger partial charge in [0.25, 0.3) is 0 Å². The lowest BCUT2D eigenvalue weighted by Gasteiger charge is -2.48. The van der Waals surface area contributed by atoms with Gasteiger partial charge in [0.05, 0.1) is 13.2 Å². The average Bonchev–Trinajstić information content (AvgIpc) is 2.86. The first-order valence-corrected chi connectivity index (χ1v) is 11.6. The smallest absolute Gasteiger partial charge is 0.335 e. The van der Waals surface area contributed by atoms with E-state index in [9.17, 15) is 60.7 Å². The number of amides is 1. The zero-order chi connectivity index (χ0) is 28.5. The Morgan fingerprint density at radius 3 is 1.87 bits per heavy atom. The topological polar surface area (TPSA) is 295 Å². The van der Waals surface area contributed by atoms with Gasteiger partial charge in [-0.1, -0.05) is 0 Å². The second-order valence-electron chi connectivity index (χ2n) is 9.11. The third-order valence-corrected chi connectivity index (χ3v) is 6.46. The second-order valence-corrected chi connectivity index (χ2v) is 9.11. The van der Waals surface area contributed by atoms with Crippen molar-refractivity contribution in [2.45, 2.75) is 99.0 Å². The zero-order valence-corrected chi connectivity index (χ0v) is 19.9. The lowest BCUT2D eigenvalue weighted by molar-refractivity contribution is -0.371. The van der Waals surface area contributed by atoms with Crippen LogP contribution in [0.4, 0.5) is 0 Å². The highest BCUT2D eigenvalue weighted by Gasteiger charge is 2.54. The van der Waals surface area contributed by atoms with Crippen LogP contribution in [-0.4, -0.2) is 168 Å². The number of aliphatic hydroxyl groups is 9. The first-order chi connectivity index (χ1) is 17.8. The SMILES string of the molecule is CC(=O)N[C@H]1[C@H](O[C@H]2[C@@H](O)[C@@H](CO)O[C@@H](O[C@H]3[C@H](O)[C@@H](O)[C@@H](O)O[C@@H]3CO)[C@@H]2O)O[C@H](C(=O)O)[C@H](O)[C@@H]1O. The van der Waals surface area contributed by atoms with Crippen molar-refractivity contribution in [2.24, 2.45) is 0 Å². The van der Waals surface area contributed by atoms with Gasteiger partial charge in [-0.05, 0) is 0 Å². The molecule has 0 aliphatic carbocycles. The maximum atomic E-state index is 11.7. The highest BCUT2D eigenvalue weighted by Crippen LogP contribution is 2.32. The van der Waals surface area contributed by atoms with Crippen molar-refractivity contribution in [3.63, 3.8) is 0 Å². The summed E-state index contributed by atoms with van der Waals surface area (Å²) in [6.07, 6.45) is -25.5. The lowest BCUT2D eigenvalue weighted by atomic mass is 9.95. The Morgan fingerprint density at radius 1 is 0.711 bits per heavy atom. The highest BCUT2D eigenvalue weighted by molar-refractivity contribution is 5.74. The molecule has 0 aromatic heterocycles. The standard InChI is InChI=1S/C20H33NO17/c1-4(24)21-7-9(26)10(27)16(17(31)32)38-19(7)37-15-8(25)5(2-22)35-20(13(15)30)36-14-6(3-23)34-18(33)12(29)11(14)28/h5-16,18-20,22-23,25-30,33H,2-3H2,1H3,(H,21,24)(H,31,32)/t5-,6-,7-,8+,9-,10-,11-,12-,13-,14-,15+,16+,18+,19-,20+/m1/s1. The van der Waals surface area contributed by atoms with Gasteiger partial charge >= 0.3 is 5.97 Å². The third kappa shape index (κ3) is 6.24. The van der Waals surface area contributed by atoms with E-state index in [1.807, 2.05) is 0 Å². The molecule has 3 aliphatic heterocycles. The van der Waals surface area contributed by atoms with Gasteiger partial charge < -0.3 is 80.1 Å². The monoisotopic (exact) mass is 559 g/mol.